The summed E-state index contributed by atoms with van der Waals surface area (Å²) in [5, 5.41) is 29.4. The molecule has 2 unspecified atom stereocenters. The van der Waals surface area contributed by atoms with Gasteiger partial charge in [0.25, 0.3) is 0 Å². The Bertz CT molecular complexity index is 1510. The molecule has 2 amide bonds. The SMILES string of the molecule is CCC1=C(C)[C@@H](Cc2[nH]c(/C=C3\N[C@@H](C[C@@H]4NC(=O)C(C)[C@]45[SH+]C5C)C(C)=C3CCC(=O)O)c(CCC(=O)O)c2C)NC1=O. The molecule has 0 aliphatic carbocycles. The molecular formula is C33H45N4O6S+. The number of allylic oxidation sites excluding steroid dienone is 1. The van der Waals surface area contributed by atoms with Gasteiger partial charge in [0.15, 0.2) is 5.25 Å². The molecule has 0 saturated carbocycles. The summed E-state index contributed by atoms with van der Waals surface area (Å²) in [5.41, 5.74) is 8.28. The summed E-state index contributed by atoms with van der Waals surface area (Å²) in [6, 6.07) is -0.164. The number of H-pyrrole nitrogens is 1. The maximum atomic E-state index is 12.7. The number of nitrogens with one attached hydrogen (secondary N) is 4. The van der Waals surface area contributed by atoms with Gasteiger partial charge in [-0.05, 0) is 106 Å². The molecule has 0 aromatic carbocycles. The molecule has 1 spiro atoms. The van der Waals surface area contributed by atoms with E-state index in [-0.39, 0.29) is 53.4 Å². The van der Waals surface area contributed by atoms with Crippen molar-refractivity contribution in [3.63, 3.8) is 0 Å². The van der Waals surface area contributed by atoms with Crippen LogP contribution in [-0.4, -0.2) is 67.1 Å². The normalized spacial score (nSPS) is 30.4. The van der Waals surface area contributed by atoms with E-state index in [0.717, 1.165) is 50.5 Å². The largest absolute Gasteiger partial charge is 0.481 e. The van der Waals surface area contributed by atoms with Crippen LogP contribution in [0.3, 0.4) is 0 Å². The average molecular weight is 626 g/mol. The first-order valence-electron chi connectivity index (χ1n) is 15.6. The van der Waals surface area contributed by atoms with Gasteiger partial charge in [0.2, 0.25) is 16.6 Å². The zero-order valence-corrected chi connectivity index (χ0v) is 27.3. The number of carboxylic acid groups (broad SMARTS) is 2. The van der Waals surface area contributed by atoms with Crippen LogP contribution in [0.5, 0.6) is 0 Å². The second-order valence-electron chi connectivity index (χ2n) is 12.8. The van der Waals surface area contributed by atoms with E-state index in [0.29, 0.717) is 37.4 Å². The maximum Gasteiger partial charge on any atom is 0.303 e. The van der Waals surface area contributed by atoms with E-state index >= 15 is 0 Å². The highest BCUT2D eigenvalue weighted by Gasteiger charge is 2.76. The summed E-state index contributed by atoms with van der Waals surface area (Å²) in [7, 11) is 0. The summed E-state index contributed by atoms with van der Waals surface area (Å²) in [4.78, 5) is 51.9. The Kier molecular flexibility index (Phi) is 8.81. The van der Waals surface area contributed by atoms with Crippen molar-refractivity contribution in [3.8, 4) is 0 Å². The molecule has 5 rings (SSSR count). The number of aromatic amines is 1. The lowest BCUT2D eigenvalue weighted by Gasteiger charge is -2.20. The van der Waals surface area contributed by atoms with Crippen LogP contribution in [0.1, 0.15) is 89.2 Å². The van der Waals surface area contributed by atoms with Crippen molar-refractivity contribution < 1.29 is 29.4 Å². The number of hydrogen-bond donors (Lipinski definition) is 6. The minimum Gasteiger partial charge on any atom is -0.481 e. The average Bonchev–Trinajstić information content (AvgIpc) is 3.13. The molecule has 1 aromatic heterocycles. The smallest absolute Gasteiger partial charge is 0.303 e. The first kappa shape index (κ1) is 31.9. The number of aliphatic carboxylic acids is 2. The highest BCUT2D eigenvalue weighted by molar-refractivity contribution is 7.89. The Morgan fingerprint density at radius 1 is 0.932 bits per heavy atom. The Morgan fingerprint density at radius 2 is 1.57 bits per heavy atom. The minimum absolute atomic E-state index is 0.0111. The molecule has 0 bridgehead atoms. The number of carboxylic acids is 2. The lowest BCUT2D eigenvalue weighted by atomic mass is 9.85. The molecule has 238 valence electrons. The van der Waals surface area contributed by atoms with Crippen LogP contribution in [0, 0.1) is 12.8 Å². The maximum absolute atomic E-state index is 12.7. The molecule has 5 heterocycles. The Labute approximate surface area is 262 Å². The summed E-state index contributed by atoms with van der Waals surface area (Å²) >= 11 is 1.30. The number of carbonyl (C=O) groups excluding carboxylic acids is 2. The quantitative estimate of drug-likeness (QED) is 0.118. The molecule has 1 aromatic rings. The molecule has 11 heteroatoms. The van der Waals surface area contributed by atoms with E-state index in [4.69, 9.17) is 0 Å². The van der Waals surface area contributed by atoms with Gasteiger partial charge in [-0.2, -0.15) is 0 Å². The first-order chi connectivity index (χ1) is 20.8. The van der Waals surface area contributed by atoms with Gasteiger partial charge in [-0.25, -0.2) is 0 Å². The monoisotopic (exact) mass is 625 g/mol. The van der Waals surface area contributed by atoms with Crippen LogP contribution in [-0.2, 0) is 43.8 Å². The Morgan fingerprint density at radius 3 is 2.16 bits per heavy atom. The highest BCUT2D eigenvalue weighted by Crippen LogP contribution is 2.52. The fourth-order valence-corrected chi connectivity index (χ4v) is 9.32. The van der Waals surface area contributed by atoms with Crippen molar-refractivity contribution >= 4 is 41.6 Å². The number of hydrogen-bond acceptors (Lipinski definition) is 5. The lowest BCUT2D eigenvalue weighted by Crippen LogP contribution is -2.41. The van der Waals surface area contributed by atoms with Gasteiger partial charge in [-0.3, -0.25) is 19.2 Å². The Balaban J connectivity index is 1.47. The predicted octanol–water partition coefficient (Wildman–Crippen LogP) is 3.08. The molecule has 6 atom stereocenters. The van der Waals surface area contributed by atoms with Crippen molar-refractivity contribution in [1.29, 1.82) is 0 Å². The van der Waals surface area contributed by atoms with Crippen molar-refractivity contribution in [1.82, 2.24) is 20.9 Å². The van der Waals surface area contributed by atoms with E-state index in [2.05, 4.69) is 27.9 Å². The second-order valence-corrected chi connectivity index (χ2v) is 14.6. The topological polar surface area (TPSA) is 161 Å². The fourth-order valence-electron chi connectivity index (χ4n) is 7.63. The van der Waals surface area contributed by atoms with Crippen molar-refractivity contribution in [2.24, 2.45) is 5.92 Å². The fraction of sp³-hybridized carbons (Fsp3) is 0.576. The summed E-state index contributed by atoms with van der Waals surface area (Å²) in [5.74, 6) is -1.73. The number of rotatable bonds is 12. The third-order valence-corrected chi connectivity index (χ3v) is 12.5. The van der Waals surface area contributed by atoms with Crippen LogP contribution in [0.25, 0.3) is 6.08 Å². The number of thiol groups is 1. The zero-order valence-electron chi connectivity index (χ0n) is 26.4. The van der Waals surface area contributed by atoms with E-state index in [1.807, 2.05) is 40.7 Å². The number of carbonyl (C=O) groups is 4. The number of aromatic nitrogens is 1. The Hall–Kier alpha value is -3.47. The minimum atomic E-state index is -0.882. The van der Waals surface area contributed by atoms with Crippen molar-refractivity contribution in [2.45, 2.75) is 115 Å². The summed E-state index contributed by atoms with van der Waals surface area (Å²) < 4.78 is -0.0535. The molecule has 4 aliphatic rings. The van der Waals surface area contributed by atoms with Gasteiger partial charge in [0.1, 0.15) is 0 Å². The van der Waals surface area contributed by atoms with Gasteiger partial charge in [0, 0.05) is 48.0 Å². The van der Waals surface area contributed by atoms with Crippen LogP contribution < -0.4 is 16.0 Å². The first-order valence-corrected chi connectivity index (χ1v) is 16.6. The second kappa shape index (κ2) is 12.1. The molecule has 2 fully saturated rings. The third kappa shape index (κ3) is 5.71. The van der Waals surface area contributed by atoms with Crippen molar-refractivity contribution in [3.05, 3.63) is 50.5 Å². The van der Waals surface area contributed by atoms with Gasteiger partial charge in [-0.15, -0.1) is 0 Å². The van der Waals surface area contributed by atoms with E-state index in [1.54, 1.807) is 0 Å². The third-order valence-electron chi connectivity index (χ3n) is 10.4. The van der Waals surface area contributed by atoms with Crippen LogP contribution in [0.2, 0.25) is 0 Å². The molecule has 10 nitrogen and oxygen atoms in total. The van der Waals surface area contributed by atoms with Gasteiger partial charge in [-0.1, -0.05) is 6.92 Å². The van der Waals surface area contributed by atoms with Gasteiger partial charge >= 0.3 is 11.9 Å². The lowest BCUT2D eigenvalue weighted by molar-refractivity contribution is -0.138. The summed E-state index contributed by atoms with van der Waals surface area (Å²) in [6.07, 6.45) is 4.59. The number of amides is 2. The molecule has 0 radical (unpaired) electrons. The molecular weight excluding hydrogens is 580 g/mol. The zero-order chi connectivity index (χ0) is 32.1. The standard InChI is InChI=1S/C33H44N4O6S/c1-7-20-15(2)24(36-32(20)43)12-23-16(3)21(8-10-29(38)39)26(34-23)13-27-22(9-11-30(40)41)17(4)25(35-27)14-28-33(19(6)44-33)18(5)31(42)37-28/h13,18-19,24-25,28,34-35H,7-12,14H2,1-6H3,(H,36,43)(H,37,42)(H,38,39)(H,40,41)/p+1/b27-13-/t18?,19?,24-,25+,28+,33-/m1/s1. The predicted molar refractivity (Wildman–Crippen MR) is 171 cm³/mol. The van der Waals surface area contributed by atoms with E-state index < -0.39 is 11.9 Å². The van der Waals surface area contributed by atoms with Crippen LogP contribution in [0.15, 0.2) is 28.0 Å². The van der Waals surface area contributed by atoms with Crippen molar-refractivity contribution in [2.75, 3.05) is 0 Å². The van der Waals surface area contributed by atoms with Crippen LogP contribution in [0.4, 0.5) is 0 Å². The van der Waals surface area contributed by atoms with E-state index in [9.17, 15) is 29.4 Å². The molecule has 2 saturated heterocycles. The molecule has 6 N–H and O–H groups in total. The van der Waals surface area contributed by atoms with Gasteiger partial charge in [0.05, 0.1) is 18.0 Å². The molecule has 4 aliphatic heterocycles. The highest BCUT2D eigenvalue weighted by atomic mass is 32.2. The van der Waals surface area contributed by atoms with Crippen LogP contribution >= 0.6 is 0 Å². The van der Waals surface area contributed by atoms with E-state index in [1.165, 1.54) is 11.8 Å². The molecule has 44 heavy (non-hydrogen) atoms. The van der Waals surface area contributed by atoms with Gasteiger partial charge < -0.3 is 31.1 Å². The summed E-state index contributed by atoms with van der Waals surface area (Å²) in [6.45, 7) is 12.2.